The van der Waals surface area contributed by atoms with Crippen molar-refractivity contribution in [1.82, 2.24) is 20.2 Å². The summed E-state index contributed by atoms with van der Waals surface area (Å²) in [5.41, 5.74) is 2.38. The molecule has 6 nitrogen and oxygen atoms in total. The first-order chi connectivity index (χ1) is 10.3. The molecule has 1 atom stereocenters. The lowest BCUT2D eigenvalue weighted by Gasteiger charge is -2.44. The number of imidazole rings is 1. The van der Waals surface area contributed by atoms with E-state index in [0.29, 0.717) is 0 Å². The van der Waals surface area contributed by atoms with Gasteiger partial charge in [0.25, 0.3) is 5.91 Å². The molecule has 1 spiro atoms. The maximum Gasteiger partial charge on any atom is 0.251 e. The van der Waals surface area contributed by atoms with Crippen molar-refractivity contribution >= 4 is 5.91 Å². The van der Waals surface area contributed by atoms with Gasteiger partial charge in [0, 0.05) is 38.4 Å². The second kappa shape index (κ2) is 5.10. The molecular formula is C15H22N4O2. The zero-order chi connectivity index (χ0) is 14.3. The zero-order valence-corrected chi connectivity index (χ0v) is 12.2. The molecule has 0 aromatic carbocycles. The number of piperidine rings is 1. The molecule has 1 aromatic heterocycles. The van der Waals surface area contributed by atoms with Gasteiger partial charge in [-0.25, -0.2) is 4.98 Å². The number of likely N-dealkylation sites (tertiary alicyclic amines) is 1. The summed E-state index contributed by atoms with van der Waals surface area (Å²) in [6.07, 6.45) is 6.36. The number of fused-ring (bicyclic) bond motifs is 2. The van der Waals surface area contributed by atoms with E-state index in [1.165, 1.54) is 5.69 Å². The van der Waals surface area contributed by atoms with Crippen molar-refractivity contribution in [3.05, 3.63) is 17.7 Å². The smallest absolute Gasteiger partial charge is 0.251 e. The summed E-state index contributed by atoms with van der Waals surface area (Å²) < 4.78 is 5.52. The quantitative estimate of drug-likeness (QED) is 0.792. The number of amides is 1. The molecule has 21 heavy (non-hydrogen) atoms. The average Bonchev–Trinajstić information content (AvgIpc) is 3.19. The number of nitrogens with one attached hydrogen (secondary N) is 2. The average molecular weight is 290 g/mol. The molecule has 6 heteroatoms. The summed E-state index contributed by atoms with van der Waals surface area (Å²) in [5.74, 6) is 0.181. The number of H-pyrrole nitrogens is 1. The van der Waals surface area contributed by atoms with Gasteiger partial charge in [0.1, 0.15) is 6.10 Å². The highest BCUT2D eigenvalue weighted by Gasteiger charge is 2.43. The number of aromatic nitrogens is 2. The molecule has 1 aromatic rings. The Morgan fingerprint density at radius 3 is 3.05 bits per heavy atom. The minimum absolute atomic E-state index is 0.0408. The number of hydrogen-bond acceptors (Lipinski definition) is 4. The predicted octanol–water partition coefficient (Wildman–Crippen LogP) is 0.552. The Balaban J connectivity index is 1.47. The van der Waals surface area contributed by atoms with Crippen LogP contribution in [0.25, 0.3) is 0 Å². The monoisotopic (exact) mass is 290 g/mol. The fraction of sp³-hybridized carbons (Fsp3) is 0.733. The molecule has 2 saturated heterocycles. The molecule has 0 bridgehead atoms. The Labute approximate surface area is 124 Å². The van der Waals surface area contributed by atoms with Crippen molar-refractivity contribution in [3.63, 3.8) is 0 Å². The summed E-state index contributed by atoms with van der Waals surface area (Å²) in [6, 6.07) is 0. The van der Waals surface area contributed by atoms with E-state index in [1.807, 2.05) is 4.90 Å². The summed E-state index contributed by atoms with van der Waals surface area (Å²) in [6.45, 7) is 3.29. The minimum atomic E-state index is -0.195. The van der Waals surface area contributed by atoms with Gasteiger partial charge in [-0.3, -0.25) is 4.79 Å². The highest BCUT2D eigenvalue weighted by Crippen LogP contribution is 2.36. The van der Waals surface area contributed by atoms with Crippen LogP contribution in [0.15, 0.2) is 6.33 Å². The van der Waals surface area contributed by atoms with Gasteiger partial charge in [0.15, 0.2) is 0 Å². The van der Waals surface area contributed by atoms with Crippen molar-refractivity contribution in [2.24, 2.45) is 0 Å². The van der Waals surface area contributed by atoms with Gasteiger partial charge in [0.2, 0.25) is 0 Å². The SMILES string of the molecule is O=C([C@H]1CCCO1)N1CCC2(CC1)NCCc1[nH]cnc12. The number of ether oxygens (including phenoxy) is 1. The molecule has 0 saturated carbocycles. The van der Waals surface area contributed by atoms with E-state index in [2.05, 4.69) is 15.3 Å². The third kappa shape index (κ3) is 2.17. The van der Waals surface area contributed by atoms with E-state index in [1.54, 1.807) is 6.33 Å². The molecule has 114 valence electrons. The number of carbonyl (C=O) groups is 1. The molecule has 2 N–H and O–H groups in total. The molecule has 3 aliphatic heterocycles. The van der Waals surface area contributed by atoms with Crippen LogP contribution in [-0.4, -0.2) is 53.1 Å². The van der Waals surface area contributed by atoms with Crippen LogP contribution in [0.5, 0.6) is 0 Å². The Bertz CT molecular complexity index is 528. The lowest BCUT2D eigenvalue weighted by atomic mass is 9.80. The van der Waals surface area contributed by atoms with E-state index >= 15 is 0 Å². The first-order valence-electron chi connectivity index (χ1n) is 7.97. The van der Waals surface area contributed by atoms with Crippen molar-refractivity contribution in [3.8, 4) is 0 Å². The van der Waals surface area contributed by atoms with Gasteiger partial charge < -0.3 is 19.9 Å². The van der Waals surface area contributed by atoms with Crippen molar-refractivity contribution in [2.75, 3.05) is 26.2 Å². The first-order valence-corrected chi connectivity index (χ1v) is 7.97. The van der Waals surface area contributed by atoms with Crippen LogP contribution in [0.3, 0.4) is 0 Å². The summed E-state index contributed by atoms with van der Waals surface area (Å²) in [4.78, 5) is 22.2. The van der Waals surface area contributed by atoms with E-state index in [9.17, 15) is 4.79 Å². The van der Waals surface area contributed by atoms with Crippen molar-refractivity contribution in [1.29, 1.82) is 0 Å². The van der Waals surface area contributed by atoms with Crippen molar-refractivity contribution in [2.45, 2.75) is 43.7 Å². The van der Waals surface area contributed by atoms with Crippen LogP contribution < -0.4 is 5.32 Å². The molecule has 4 heterocycles. The third-order valence-corrected chi connectivity index (χ3v) is 5.14. The highest BCUT2D eigenvalue weighted by molar-refractivity contribution is 5.81. The van der Waals surface area contributed by atoms with E-state index < -0.39 is 0 Å². The molecule has 3 aliphatic rings. The molecular weight excluding hydrogens is 268 g/mol. The normalized spacial score (nSPS) is 27.8. The fourth-order valence-corrected chi connectivity index (χ4v) is 3.93. The number of carbonyl (C=O) groups excluding carboxylic acids is 1. The Morgan fingerprint density at radius 2 is 2.29 bits per heavy atom. The maximum atomic E-state index is 12.4. The van der Waals surface area contributed by atoms with Crippen LogP contribution in [0, 0.1) is 0 Å². The van der Waals surface area contributed by atoms with Crippen LogP contribution in [-0.2, 0) is 21.5 Å². The summed E-state index contributed by atoms with van der Waals surface area (Å²) >= 11 is 0. The van der Waals surface area contributed by atoms with Gasteiger partial charge >= 0.3 is 0 Å². The van der Waals surface area contributed by atoms with E-state index in [4.69, 9.17) is 4.74 Å². The number of aromatic amines is 1. The second-order valence-electron chi connectivity index (χ2n) is 6.32. The highest BCUT2D eigenvalue weighted by atomic mass is 16.5. The zero-order valence-electron chi connectivity index (χ0n) is 12.2. The predicted molar refractivity (Wildman–Crippen MR) is 76.8 cm³/mol. The molecule has 1 amide bonds. The molecule has 4 rings (SSSR count). The molecule has 0 unspecified atom stereocenters. The van der Waals surface area contributed by atoms with Gasteiger partial charge in [-0.05, 0) is 25.7 Å². The standard InChI is InChI=1S/C15H22N4O2/c20-14(12-2-1-9-21-12)19-7-4-15(5-8-19)13-11(3-6-18-15)16-10-17-13/h10,12,18H,1-9H2,(H,16,17)/t12-/m1/s1. The lowest BCUT2D eigenvalue weighted by Crippen LogP contribution is -2.56. The van der Waals surface area contributed by atoms with Gasteiger partial charge in [-0.2, -0.15) is 0 Å². The number of nitrogens with zero attached hydrogens (tertiary/aromatic N) is 2. The Morgan fingerprint density at radius 1 is 1.43 bits per heavy atom. The molecule has 2 fully saturated rings. The Hall–Kier alpha value is -1.40. The van der Waals surface area contributed by atoms with E-state index in [-0.39, 0.29) is 17.6 Å². The lowest BCUT2D eigenvalue weighted by molar-refractivity contribution is -0.142. The van der Waals surface area contributed by atoms with Crippen LogP contribution in [0.2, 0.25) is 0 Å². The molecule has 0 aliphatic carbocycles. The van der Waals surface area contributed by atoms with Crippen LogP contribution >= 0.6 is 0 Å². The number of rotatable bonds is 1. The van der Waals surface area contributed by atoms with Gasteiger partial charge in [-0.15, -0.1) is 0 Å². The first kappa shape index (κ1) is 13.3. The minimum Gasteiger partial charge on any atom is -0.368 e. The molecule has 0 radical (unpaired) electrons. The van der Waals surface area contributed by atoms with E-state index in [0.717, 1.165) is 64.0 Å². The second-order valence-corrected chi connectivity index (χ2v) is 6.32. The van der Waals surface area contributed by atoms with Crippen LogP contribution in [0.4, 0.5) is 0 Å². The summed E-state index contributed by atoms with van der Waals surface area (Å²) in [5, 5.41) is 3.65. The third-order valence-electron chi connectivity index (χ3n) is 5.14. The number of hydrogen-bond donors (Lipinski definition) is 2. The van der Waals surface area contributed by atoms with Crippen LogP contribution in [0.1, 0.15) is 37.1 Å². The topological polar surface area (TPSA) is 70.2 Å². The summed E-state index contributed by atoms with van der Waals surface area (Å²) in [7, 11) is 0. The largest absolute Gasteiger partial charge is 0.368 e. The maximum absolute atomic E-state index is 12.4. The van der Waals surface area contributed by atoms with Crippen molar-refractivity contribution < 1.29 is 9.53 Å². The Kier molecular flexibility index (Phi) is 3.23. The fourth-order valence-electron chi connectivity index (χ4n) is 3.93. The van der Waals surface area contributed by atoms with Gasteiger partial charge in [0.05, 0.1) is 17.6 Å². The van der Waals surface area contributed by atoms with Gasteiger partial charge in [-0.1, -0.05) is 0 Å².